The molecule has 5 heteroatoms. The molecule has 2 heterocycles. The third-order valence-electron chi connectivity index (χ3n) is 2.07. The summed E-state index contributed by atoms with van der Waals surface area (Å²) in [5.41, 5.74) is 0.670. The lowest BCUT2D eigenvalue weighted by atomic mass is 10.1. The first-order valence-electron chi connectivity index (χ1n) is 4.25. The molecule has 1 aliphatic rings. The van der Waals surface area contributed by atoms with Gasteiger partial charge in [-0.3, -0.25) is 4.98 Å². The zero-order valence-corrected chi connectivity index (χ0v) is 8.28. The monoisotopic (exact) mass is 212 g/mol. The molecule has 1 N–H and O–H groups in total. The van der Waals surface area contributed by atoms with Crippen LogP contribution in [0.3, 0.4) is 0 Å². The molecular weight excluding hydrogens is 204 g/mol. The Bertz CT molecular complexity index is 370. The van der Waals surface area contributed by atoms with Crippen LogP contribution in [0.2, 0.25) is 5.02 Å². The lowest BCUT2D eigenvalue weighted by molar-refractivity contribution is 0.131. The normalized spacial score (nSPS) is 25.7. The summed E-state index contributed by atoms with van der Waals surface area (Å²) < 4.78 is 5.04. The van der Waals surface area contributed by atoms with Crippen LogP contribution in [0.1, 0.15) is 18.7 Å². The molecule has 1 fully saturated rings. The van der Waals surface area contributed by atoms with Gasteiger partial charge in [0.25, 0.3) is 0 Å². The number of aromatic nitrogens is 1. The summed E-state index contributed by atoms with van der Waals surface area (Å²) in [4.78, 5) is 15.0. The fourth-order valence-electron chi connectivity index (χ4n) is 1.41. The maximum Gasteiger partial charge on any atom is 0.408 e. The molecule has 1 aromatic heterocycles. The summed E-state index contributed by atoms with van der Waals surface area (Å²) in [6, 6.07) is 3.30. The molecule has 0 spiro atoms. The molecule has 0 aliphatic carbocycles. The van der Waals surface area contributed by atoms with E-state index in [9.17, 15) is 4.79 Å². The SMILES string of the molecule is C[C@H]1NC(=O)O[C@@H]1c1cc(Cl)ccn1. The predicted octanol–water partition coefficient (Wildman–Crippen LogP) is 1.90. The number of nitrogens with one attached hydrogen (secondary N) is 1. The Labute approximate surface area is 86.2 Å². The summed E-state index contributed by atoms with van der Waals surface area (Å²) >= 11 is 5.81. The molecule has 1 amide bonds. The topological polar surface area (TPSA) is 51.2 Å². The van der Waals surface area contributed by atoms with Crippen LogP contribution in [0.4, 0.5) is 4.79 Å². The minimum Gasteiger partial charge on any atom is -0.438 e. The van der Waals surface area contributed by atoms with Gasteiger partial charge in [-0.2, -0.15) is 0 Å². The van der Waals surface area contributed by atoms with E-state index in [1.54, 1.807) is 18.3 Å². The first-order chi connectivity index (χ1) is 6.66. The van der Waals surface area contributed by atoms with E-state index < -0.39 is 6.09 Å². The van der Waals surface area contributed by atoms with E-state index in [0.29, 0.717) is 10.7 Å². The average Bonchev–Trinajstić information content (AvgIpc) is 2.45. The van der Waals surface area contributed by atoms with Crippen molar-refractivity contribution in [3.8, 4) is 0 Å². The standard InChI is InChI=1S/C9H9ClN2O2/c1-5-8(14-9(13)12-5)7-4-6(10)2-3-11-7/h2-5,8H,1H3,(H,12,13)/t5-,8+/m1/s1. The van der Waals surface area contributed by atoms with E-state index in [0.717, 1.165) is 0 Å². The number of cyclic esters (lactones) is 1. The molecule has 2 atom stereocenters. The molecule has 14 heavy (non-hydrogen) atoms. The highest BCUT2D eigenvalue weighted by atomic mass is 35.5. The Morgan fingerprint density at radius 3 is 3.00 bits per heavy atom. The Hall–Kier alpha value is -1.29. The van der Waals surface area contributed by atoms with Crippen LogP contribution in [0.15, 0.2) is 18.3 Å². The van der Waals surface area contributed by atoms with E-state index in [1.165, 1.54) is 0 Å². The maximum absolute atomic E-state index is 10.9. The number of halogens is 1. The summed E-state index contributed by atoms with van der Waals surface area (Å²) in [7, 11) is 0. The van der Waals surface area contributed by atoms with Gasteiger partial charge >= 0.3 is 6.09 Å². The molecule has 4 nitrogen and oxygen atoms in total. The van der Waals surface area contributed by atoms with Gasteiger partial charge in [0.2, 0.25) is 0 Å². The lowest BCUT2D eigenvalue weighted by Crippen LogP contribution is -2.24. The van der Waals surface area contributed by atoms with Gasteiger partial charge in [-0.05, 0) is 19.1 Å². The molecule has 74 valence electrons. The molecule has 2 rings (SSSR count). The molecule has 1 aromatic rings. The number of hydrogen-bond donors (Lipinski definition) is 1. The van der Waals surface area contributed by atoms with Crippen LogP contribution in [0.5, 0.6) is 0 Å². The number of amides is 1. The van der Waals surface area contributed by atoms with Crippen molar-refractivity contribution in [1.82, 2.24) is 10.3 Å². The number of pyridine rings is 1. The number of alkyl carbamates (subject to hydrolysis) is 1. The highest BCUT2D eigenvalue weighted by molar-refractivity contribution is 6.30. The minimum atomic E-state index is -0.413. The van der Waals surface area contributed by atoms with Crippen LogP contribution in [0, 0.1) is 0 Å². The van der Waals surface area contributed by atoms with Crippen molar-refractivity contribution in [2.75, 3.05) is 0 Å². The van der Waals surface area contributed by atoms with Crippen LogP contribution >= 0.6 is 11.6 Å². The van der Waals surface area contributed by atoms with Gasteiger partial charge in [-0.25, -0.2) is 4.79 Å². The van der Waals surface area contributed by atoms with E-state index in [-0.39, 0.29) is 12.1 Å². The van der Waals surface area contributed by atoms with Crippen molar-refractivity contribution in [2.45, 2.75) is 19.1 Å². The fraction of sp³-hybridized carbons (Fsp3) is 0.333. The summed E-state index contributed by atoms with van der Waals surface area (Å²) in [5.74, 6) is 0. The smallest absolute Gasteiger partial charge is 0.408 e. The van der Waals surface area contributed by atoms with Crippen molar-refractivity contribution in [3.05, 3.63) is 29.0 Å². The Kier molecular flexibility index (Phi) is 2.29. The zero-order chi connectivity index (χ0) is 10.1. The number of hydrogen-bond acceptors (Lipinski definition) is 3. The highest BCUT2D eigenvalue weighted by Crippen LogP contribution is 2.25. The van der Waals surface area contributed by atoms with E-state index in [2.05, 4.69) is 10.3 Å². The van der Waals surface area contributed by atoms with Gasteiger partial charge in [0, 0.05) is 11.2 Å². The van der Waals surface area contributed by atoms with Crippen LogP contribution in [-0.4, -0.2) is 17.1 Å². The van der Waals surface area contributed by atoms with Crippen LogP contribution in [0.25, 0.3) is 0 Å². The molecule has 0 bridgehead atoms. The minimum absolute atomic E-state index is 0.0755. The molecule has 1 aliphatic heterocycles. The van der Waals surface area contributed by atoms with Gasteiger partial charge in [0.15, 0.2) is 6.10 Å². The Balaban J connectivity index is 2.27. The van der Waals surface area contributed by atoms with Gasteiger partial charge in [-0.1, -0.05) is 11.6 Å². The first-order valence-corrected chi connectivity index (χ1v) is 4.63. The largest absolute Gasteiger partial charge is 0.438 e. The second-order valence-electron chi connectivity index (χ2n) is 3.16. The van der Waals surface area contributed by atoms with Crippen molar-refractivity contribution in [1.29, 1.82) is 0 Å². The number of ether oxygens (including phenoxy) is 1. The Morgan fingerprint density at radius 2 is 2.43 bits per heavy atom. The zero-order valence-electron chi connectivity index (χ0n) is 7.53. The quantitative estimate of drug-likeness (QED) is 0.774. The molecule has 0 saturated carbocycles. The predicted molar refractivity (Wildman–Crippen MR) is 51.1 cm³/mol. The molecule has 0 unspecified atom stereocenters. The molecule has 0 radical (unpaired) electrons. The van der Waals surface area contributed by atoms with E-state index in [1.807, 2.05) is 6.92 Å². The van der Waals surface area contributed by atoms with Gasteiger partial charge in [0.1, 0.15) is 0 Å². The van der Waals surface area contributed by atoms with Crippen molar-refractivity contribution >= 4 is 17.7 Å². The van der Waals surface area contributed by atoms with Crippen molar-refractivity contribution in [3.63, 3.8) is 0 Å². The van der Waals surface area contributed by atoms with Crippen molar-refractivity contribution in [2.24, 2.45) is 0 Å². The van der Waals surface area contributed by atoms with Crippen LogP contribution < -0.4 is 5.32 Å². The average molecular weight is 213 g/mol. The first kappa shape index (κ1) is 9.27. The fourth-order valence-corrected chi connectivity index (χ4v) is 1.57. The highest BCUT2D eigenvalue weighted by Gasteiger charge is 2.32. The molecule has 1 saturated heterocycles. The summed E-state index contributed by atoms with van der Waals surface area (Å²) in [6.45, 7) is 1.86. The summed E-state index contributed by atoms with van der Waals surface area (Å²) in [5, 5.41) is 3.23. The number of carbonyl (C=O) groups is 1. The van der Waals surface area contributed by atoms with Gasteiger partial charge < -0.3 is 10.1 Å². The lowest BCUT2D eigenvalue weighted by Gasteiger charge is -2.11. The molecule has 0 aromatic carbocycles. The molecular formula is C9H9ClN2O2. The van der Waals surface area contributed by atoms with E-state index in [4.69, 9.17) is 16.3 Å². The second-order valence-corrected chi connectivity index (χ2v) is 3.59. The summed E-state index contributed by atoms with van der Waals surface area (Å²) in [6.07, 6.45) is 0.835. The van der Waals surface area contributed by atoms with Gasteiger partial charge in [-0.15, -0.1) is 0 Å². The third kappa shape index (κ3) is 1.65. The van der Waals surface area contributed by atoms with E-state index >= 15 is 0 Å². The Morgan fingerprint density at radius 1 is 1.64 bits per heavy atom. The maximum atomic E-state index is 10.9. The van der Waals surface area contributed by atoms with Gasteiger partial charge in [0.05, 0.1) is 11.7 Å². The van der Waals surface area contributed by atoms with Crippen LogP contribution in [-0.2, 0) is 4.74 Å². The number of nitrogens with zero attached hydrogens (tertiary/aromatic N) is 1. The number of carbonyl (C=O) groups excluding carboxylic acids is 1. The third-order valence-corrected chi connectivity index (χ3v) is 2.30. The number of rotatable bonds is 1. The second kappa shape index (κ2) is 3.46. The van der Waals surface area contributed by atoms with Crippen molar-refractivity contribution < 1.29 is 9.53 Å².